The van der Waals surface area contributed by atoms with Crippen molar-refractivity contribution in [3.63, 3.8) is 0 Å². The van der Waals surface area contributed by atoms with Crippen molar-refractivity contribution in [2.24, 2.45) is 5.10 Å². The van der Waals surface area contributed by atoms with Gasteiger partial charge in [0.15, 0.2) is 0 Å². The molecule has 0 aromatic heterocycles. The molecule has 0 radical (unpaired) electrons. The molecule has 0 aliphatic heterocycles. The number of hydrogen-bond donors (Lipinski definition) is 1. The van der Waals surface area contributed by atoms with E-state index < -0.39 is 4.92 Å². The maximum atomic E-state index is 12.9. The number of carbonyl (C=O) groups excluding carboxylic acids is 1. The molecular weight excluding hydrogens is 389 g/mol. The van der Waals surface area contributed by atoms with Gasteiger partial charge in [0, 0.05) is 12.1 Å². The predicted molar refractivity (Wildman–Crippen MR) is 110 cm³/mol. The average molecular weight is 407 g/mol. The molecule has 7 nitrogen and oxygen atoms in total. The molecule has 1 amide bonds. The molecule has 0 saturated carbocycles. The molecule has 1 N–H and O–H groups in total. The molecule has 0 unspecified atom stereocenters. The second-order valence-electron chi connectivity index (χ2n) is 6.38. The van der Waals surface area contributed by atoms with Gasteiger partial charge in [0.2, 0.25) is 5.91 Å². The summed E-state index contributed by atoms with van der Waals surface area (Å²) in [7, 11) is 0. The number of nitrogens with zero attached hydrogens (tertiary/aromatic N) is 2. The van der Waals surface area contributed by atoms with Gasteiger partial charge in [-0.3, -0.25) is 14.9 Å². The van der Waals surface area contributed by atoms with Crippen molar-refractivity contribution in [2.75, 3.05) is 0 Å². The van der Waals surface area contributed by atoms with Crippen LogP contribution < -0.4 is 10.2 Å². The third kappa shape index (κ3) is 6.23. The van der Waals surface area contributed by atoms with Gasteiger partial charge in [-0.05, 0) is 41.0 Å². The molecule has 3 rings (SSSR count). The number of nitrogens with one attached hydrogen (secondary N) is 1. The zero-order chi connectivity index (χ0) is 21.3. The second-order valence-corrected chi connectivity index (χ2v) is 6.38. The summed E-state index contributed by atoms with van der Waals surface area (Å²) in [6.07, 6.45) is 1.54. The number of ether oxygens (including phenoxy) is 1. The number of halogens is 1. The maximum Gasteiger partial charge on any atom is 0.269 e. The first-order valence-electron chi connectivity index (χ1n) is 9.02. The van der Waals surface area contributed by atoms with Crippen molar-refractivity contribution in [3.8, 4) is 5.75 Å². The summed E-state index contributed by atoms with van der Waals surface area (Å²) in [5.41, 5.74) is 4.60. The summed E-state index contributed by atoms with van der Waals surface area (Å²) >= 11 is 0. The van der Waals surface area contributed by atoms with E-state index in [2.05, 4.69) is 10.5 Å². The van der Waals surface area contributed by atoms with Crippen LogP contribution in [0.4, 0.5) is 10.1 Å². The Morgan fingerprint density at radius 1 is 1.07 bits per heavy atom. The van der Waals surface area contributed by atoms with Crippen LogP contribution in [0.25, 0.3) is 0 Å². The van der Waals surface area contributed by atoms with E-state index in [1.807, 2.05) is 0 Å². The summed E-state index contributed by atoms with van der Waals surface area (Å²) in [6, 6.07) is 19.0. The molecule has 0 aliphatic rings. The Hall–Kier alpha value is -4.07. The summed E-state index contributed by atoms with van der Waals surface area (Å²) in [5.74, 6) is -0.0307. The molecule has 0 aliphatic carbocycles. The molecule has 30 heavy (non-hydrogen) atoms. The normalized spacial score (nSPS) is 10.7. The average Bonchev–Trinajstić information content (AvgIpc) is 2.74. The highest BCUT2D eigenvalue weighted by Gasteiger charge is 2.06. The zero-order valence-corrected chi connectivity index (χ0v) is 15.8. The van der Waals surface area contributed by atoms with Crippen LogP contribution in [0.15, 0.2) is 77.9 Å². The Bertz CT molecular complexity index is 1050. The molecule has 0 fully saturated rings. The monoisotopic (exact) mass is 407 g/mol. The lowest BCUT2D eigenvalue weighted by Crippen LogP contribution is -2.19. The Kier molecular flexibility index (Phi) is 6.83. The number of nitro benzene ring substituents is 1. The van der Waals surface area contributed by atoms with E-state index >= 15 is 0 Å². The van der Waals surface area contributed by atoms with Crippen LogP contribution in [-0.2, 0) is 17.8 Å². The highest BCUT2D eigenvalue weighted by atomic mass is 19.1. The van der Waals surface area contributed by atoms with Gasteiger partial charge in [-0.15, -0.1) is 0 Å². The van der Waals surface area contributed by atoms with Crippen molar-refractivity contribution in [3.05, 3.63) is 105 Å². The summed E-state index contributed by atoms with van der Waals surface area (Å²) in [4.78, 5) is 22.1. The van der Waals surface area contributed by atoms with Crippen LogP contribution in [0.5, 0.6) is 5.75 Å². The van der Waals surface area contributed by atoms with Crippen molar-refractivity contribution < 1.29 is 18.8 Å². The number of rotatable bonds is 8. The van der Waals surface area contributed by atoms with Gasteiger partial charge in [-0.1, -0.05) is 36.4 Å². The van der Waals surface area contributed by atoms with Crippen molar-refractivity contribution in [1.29, 1.82) is 0 Å². The highest BCUT2D eigenvalue weighted by molar-refractivity contribution is 5.83. The van der Waals surface area contributed by atoms with Gasteiger partial charge in [0.25, 0.3) is 5.69 Å². The Labute approximate surface area is 172 Å². The number of benzene rings is 3. The largest absolute Gasteiger partial charge is 0.489 e. The third-order valence-corrected chi connectivity index (χ3v) is 4.09. The fraction of sp³-hybridized carbons (Fsp3) is 0.0909. The summed E-state index contributed by atoms with van der Waals surface area (Å²) in [5, 5.41) is 14.6. The topological polar surface area (TPSA) is 93.8 Å². The van der Waals surface area contributed by atoms with E-state index in [-0.39, 0.29) is 23.8 Å². The standard InChI is InChI=1S/C22H18FN3O4/c23-19-8-4-17(5-9-19)15-30-21-3-1-2-18(12-21)14-24-25-22(27)13-16-6-10-20(11-7-16)26(28)29/h1-12,14H,13,15H2,(H,25,27)/b24-14-. The molecule has 8 heteroatoms. The van der Waals surface area contributed by atoms with Gasteiger partial charge >= 0.3 is 0 Å². The first-order chi connectivity index (χ1) is 14.5. The van der Waals surface area contributed by atoms with E-state index in [0.717, 1.165) is 11.1 Å². The van der Waals surface area contributed by atoms with Gasteiger partial charge in [-0.2, -0.15) is 5.10 Å². The second kappa shape index (κ2) is 9.92. The minimum Gasteiger partial charge on any atom is -0.489 e. The molecule has 0 saturated heterocycles. The van der Waals surface area contributed by atoms with Crippen molar-refractivity contribution in [1.82, 2.24) is 5.43 Å². The Balaban J connectivity index is 1.50. The van der Waals surface area contributed by atoms with E-state index in [1.165, 1.54) is 42.6 Å². The van der Waals surface area contributed by atoms with Crippen LogP contribution >= 0.6 is 0 Å². The van der Waals surface area contributed by atoms with Crippen LogP contribution in [0, 0.1) is 15.9 Å². The molecule has 0 atom stereocenters. The number of hydrazone groups is 1. The van der Waals surface area contributed by atoms with E-state index in [1.54, 1.807) is 36.4 Å². The minimum atomic E-state index is -0.494. The lowest BCUT2D eigenvalue weighted by atomic mass is 10.1. The van der Waals surface area contributed by atoms with Crippen LogP contribution in [0.1, 0.15) is 16.7 Å². The van der Waals surface area contributed by atoms with Crippen LogP contribution in [-0.4, -0.2) is 17.0 Å². The van der Waals surface area contributed by atoms with E-state index in [9.17, 15) is 19.3 Å². The fourth-order valence-corrected chi connectivity index (χ4v) is 2.57. The smallest absolute Gasteiger partial charge is 0.269 e. The van der Waals surface area contributed by atoms with Gasteiger partial charge in [0.1, 0.15) is 18.2 Å². The minimum absolute atomic E-state index is 0.0290. The molecule has 0 spiro atoms. The number of amides is 1. The zero-order valence-electron chi connectivity index (χ0n) is 15.8. The lowest BCUT2D eigenvalue weighted by Gasteiger charge is -2.07. The maximum absolute atomic E-state index is 12.9. The van der Waals surface area contributed by atoms with Crippen LogP contribution in [0.2, 0.25) is 0 Å². The van der Waals surface area contributed by atoms with Crippen LogP contribution in [0.3, 0.4) is 0 Å². The molecule has 0 bridgehead atoms. The van der Waals surface area contributed by atoms with Crippen molar-refractivity contribution in [2.45, 2.75) is 13.0 Å². The predicted octanol–water partition coefficient (Wildman–Crippen LogP) is 4.01. The molecule has 152 valence electrons. The first-order valence-corrected chi connectivity index (χ1v) is 9.02. The fourth-order valence-electron chi connectivity index (χ4n) is 2.57. The molecule has 3 aromatic rings. The summed E-state index contributed by atoms with van der Waals surface area (Å²) < 4.78 is 18.6. The highest BCUT2D eigenvalue weighted by Crippen LogP contribution is 2.15. The molecule has 0 heterocycles. The quantitative estimate of drug-likeness (QED) is 0.347. The molecular formula is C22H18FN3O4. The number of non-ortho nitro benzene ring substituents is 1. The SMILES string of the molecule is O=C(Cc1ccc([N+](=O)[O-])cc1)N/N=C\c1cccc(OCc2ccc(F)cc2)c1. The van der Waals surface area contributed by atoms with Crippen molar-refractivity contribution >= 4 is 17.8 Å². The Morgan fingerprint density at radius 2 is 1.77 bits per heavy atom. The van der Waals surface area contributed by atoms with Gasteiger partial charge < -0.3 is 4.74 Å². The first kappa shape index (κ1) is 20.7. The molecule has 3 aromatic carbocycles. The van der Waals surface area contributed by atoms with E-state index in [0.29, 0.717) is 17.9 Å². The number of nitro groups is 1. The number of carbonyl (C=O) groups is 1. The van der Waals surface area contributed by atoms with E-state index in [4.69, 9.17) is 4.74 Å². The summed E-state index contributed by atoms with van der Waals surface area (Å²) in [6.45, 7) is 0.298. The number of hydrogen-bond acceptors (Lipinski definition) is 5. The Morgan fingerprint density at radius 3 is 2.47 bits per heavy atom. The van der Waals surface area contributed by atoms with Gasteiger partial charge in [0.05, 0.1) is 17.6 Å². The lowest BCUT2D eigenvalue weighted by molar-refractivity contribution is -0.384. The van der Waals surface area contributed by atoms with Gasteiger partial charge in [-0.25, -0.2) is 9.82 Å². The third-order valence-electron chi connectivity index (χ3n) is 4.09.